The van der Waals surface area contributed by atoms with Crippen molar-refractivity contribution in [2.75, 3.05) is 85.0 Å². The Morgan fingerprint density at radius 1 is 0.884 bits per heavy atom. The number of benzene rings is 1. The van der Waals surface area contributed by atoms with Crippen LogP contribution in [0.15, 0.2) is 48.9 Å². The molecule has 10 nitrogen and oxygen atoms in total. The molecule has 2 saturated heterocycles. The molecule has 1 aromatic carbocycles. The molecule has 6 rings (SSSR count). The largest absolute Gasteiger partial charge is 0.379 e. The number of piperazine rings is 1. The number of aromatic nitrogens is 4. The van der Waals surface area contributed by atoms with Gasteiger partial charge in [-0.15, -0.1) is 0 Å². The second kappa shape index (κ2) is 13.4. The Balaban J connectivity index is 1.13. The van der Waals surface area contributed by atoms with Gasteiger partial charge in [-0.2, -0.15) is 4.98 Å². The predicted molar refractivity (Wildman–Crippen MR) is 163 cm³/mol. The first-order chi connectivity index (χ1) is 20.9. The molecule has 0 radical (unpaired) electrons. The molecule has 4 aromatic rings. The number of fused-ring (bicyclic) bond motifs is 1. The van der Waals surface area contributed by atoms with Crippen molar-refractivity contribution in [1.82, 2.24) is 39.1 Å². The van der Waals surface area contributed by atoms with E-state index in [2.05, 4.69) is 44.1 Å². The smallest absolute Gasteiger partial charge is 0.229 e. The van der Waals surface area contributed by atoms with Gasteiger partial charge in [-0.3, -0.25) is 19.7 Å². The van der Waals surface area contributed by atoms with Crippen molar-refractivity contribution in [2.45, 2.75) is 13.1 Å². The zero-order valence-corrected chi connectivity index (χ0v) is 24.8. The number of morpholine rings is 1. The highest BCUT2D eigenvalue weighted by Gasteiger charge is 2.20. The fraction of sp³-hybridized carbons (Fsp3) is 0.452. The Labute approximate surface area is 250 Å². The van der Waals surface area contributed by atoms with Crippen molar-refractivity contribution in [3.8, 4) is 5.69 Å². The third-order valence-corrected chi connectivity index (χ3v) is 8.10. The van der Waals surface area contributed by atoms with Gasteiger partial charge in [0.2, 0.25) is 5.95 Å². The van der Waals surface area contributed by atoms with Gasteiger partial charge in [0.25, 0.3) is 0 Å². The molecule has 0 bridgehead atoms. The summed E-state index contributed by atoms with van der Waals surface area (Å²) < 4.78 is 37.3. The first-order valence-electron chi connectivity index (χ1n) is 14.9. The van der Waals surface area contributed by atoms with E-state index in [0.717, 1.165) is 62.6 Å². The lowest BCUT2D eigenvalue weighted by atomic mass is 10.1. The van der Waals surface area contributed by atoms with Crippen LogP contribution in [0.25, 0.3) is 16.7 Å². The monoisotopic (exact) mass is 591 g/mol. The van der Waals surface area contributed by atoms with Gasteiger partial charge in [0.05, 0.1) is 24.6 Å². The van der Waals surface area contributed by atoms with E-state index < -0.39 is 11.6 Å². The molecule has 228 valence electrons. The average Bonchev–Trinajstić information content (AvgIpc) is 3.43. The molecule has 0 saturated carbocycles. The highest BCUT2D eigenvalue weighted by atomic mass is 19.1. The third kappa shape index (κ3) is 7.34. The average molecular weight is 592 g/mol. The fourth-order valence-corrected chi connectivity index (χ4v) is 5.56. The first-order valence-corrected chi connectivity index (χ1v) is 14.9. The van der Waals surface area contributed by atoms with E-state index in [-0.39, 0.29) is 12.1 Å². The summed E-state index contributed by atoms with van der Waals surface area (Å²) in [5, 5.41) is 4.05. The lowest BCUT2D eigenvalue weighted by Gasteiger charge is -2.35. The zero-order chi connectivity index (χ0) is 29.8. The second-order valence-corrected chi connectivity index (χ2v) is 11.5. The number of rotatable bonds is 10. The molecule has 0 aliphatic carbocycles. The number of anilines is 2. The van der Waals surface area contributed by atoms with Crippen molar-refractivity contribution < 1.29 is 13.5 Å². The van der Waals surface area contributed by atoms with E-state index in [1.54, 1.807) is 23.2 Å². The van der Waals surface area contributed by atoms with Gasteiger partial charge in [-0.25, -0.2) is 13.8 Å². The van der Waals surface area contributed by atoms with Crippen LogP contribution in [-0.4, -0.2) is 119 Å². The van der Waals surface area contributed by atoms with Gasteiger partial charge in [-0.05, 0) is 44.4 Å². The molecule has 2 aliphatic heterocycles. The Bertz CT molecular complexity index is 1510. The van der Waals surface area contributed by atoms with Crippen LogP contribution in [-0.2, 0) is 17.8 Å². The van der Waals surface area contributed by atoms with Crippen molar-refractivity contribution in [1.29, 1.82) is 0 Å². The van der Waals surface area contributed by atoms with Crippen molar-refractivity contribution in [2.24, 2.45) is 0 Å². The van der Waals surface area contributed by atoms with Gasteiger partial charge in [0, 0.05) is 101 Å². The predicted octanol–water partition coefficient (Wildman–Crippen LogP) is 3.35. The number of nitrogens with zero attached hydrogens (tertiary/aromatic N) is 8. The molecule has 5 heterocycles. The van der Waals surface area contributed by atoms with Crippen LogP contribution in [0.5, 0.6) is 0 Å². The Morgan fingerprint density at radius 3 is 2.35 bits per heavy atom. The fourth-order valence-electron chi connectivity index (χ4n) is 5.56. The molecule has 3 aromatic heterocycles. The molecule has 1 N–H and O–H groups in total. The van der Waals surface area contributed by atoms with E-state index in [9.17, 15) is 0 Å². The van der Waals surface area contributed by atoms with Crippen molar-refractivity contribution in [3.63, 3.8) is 0 Å². The molecule has 0 spiro atoms. The zero-order valence-electron chi connectivity index (χ0n) is 24.8. The molecule has 43 heavy (non-hydrogen) atoms. The molecule has 0 unspecified atom stereocenters. The summed E-state index contributed by atoms with van der Waals surface area (Å²) in [4.78, 5) is 22.9. The number of nitrogens with one attached hydrogen (secondary N) is 1. The van der Waals surface area contributed by atoms with Crippen LogP contribution in [0.3, 0.4) is 0 Å². The number of hydrogen-bond donors (Lipinski definition) is 1. The van der Waals surface area contributed by atoms with Gasteiger partial charge >= 0.3 is 0 Å². The summed E-state index contributed by atoms with van der Waals surface area (Å²) in [7, 11) is 4.22. The number of ether oxygens (including phenoxy) is 1. The normalized spacial score (nSPS) is 17.2. The molecule has 12 heteroatoms. The van der Waals surface area contributed by atoms with Crippen LogP contribution in [0, 0.1) is 11.6 Å². The highest BCUT2D eigenvalue weighted by molar-refractivity contribution is 5.78. The SMILES string of the molecule is CN(C)CCN1CCN(Cc2cc(Nc3ncc4ccn(-c5cc(F)c(CN6CCOCC6)c(F)c5)c4n3)ccn2)CC1. The topological polar surface area (TPSA) is 77.8 Å². The van der Waals surface area contributed by atoms with Crippen molar-refractivity contribution >= 4 is 22.7 Å². The Kier molecular flexibility index (Phi) is 9.20. The van der Waals surface area contributed by atoms with Crippen LogP contribution >= 0.6 is 0 Å². The summed E-state index contributed by atoms with van der Waals surface area (Å²) in [6.45, 7) is 9.75. The Hall–Kier alpha value is -3.55. The number of halogens is 2. The van der Waals surface area contributed by atoms with E-state index in [1.807, 2.05) is 23.1 Å². The van der Waals surface area contributed by atoms with Crippen LogP contribution in [0.2, 0.25) is 0 Å². The van der Waals surface area contributed by atoms with E-state index in [4.69, 9.17) is 9.72 Å². The molecule has 2 aliphatic rings. The lowest BCUT2D eigenvalue weighted by Crippen LogP contribution is -2.47. The molecule has 2 fully saturated rings. The number of hydrogen-bond acceptors (Lipinski definition) is 9. The van der Waals surface area contributed by atoms with E-state index in [1.165, 1.54) is 12.1 Å². The van der Waals surface area contributed by atoms with Gasteiger partial charge < -0.3 is 19.5 Å². The number of likely N-dealkylation sites (N-methyl/N-ethyl adjacent to an activating group) is 1. The lowest BCUT2D eigenvalue weighted by molar-refractivity contribution is 0.0332. The van der Waals surface area contributed by atoms with Crippen LogP contribution in [0.1, 0.15) is 11.3 Å². The summed E-state index contributed by atoms with van der Waals surface area (Å²) in [5.41, 5.74) is 2.79. The minimum Gasteiger partial charge on any atom is -0.379 e. The van der Waals surface area contributed by atoms with Gasteiger partial charge in [0.1, 0.15) is 17.3 Å². The number of pyridine rings is 1. The van der Waals surface area contributed by atoms with Crippen molar-refractivity contribution in [3.05, 3.63) is 71.8 Å². The van der Waals surface area contributed by atoms with Gasteiger partial charge in [-0.1, -0.05) is 0 Å². The highest BCUT2D eigenvalue weighted by Crippen LogP contribution is 2.25. The van der Waals surface area contributed by atoms with Crippen LogP contribution in [0.4, 0.5) is 20.4 Å². The van der Waals surface area contributed by atoms with Gasteiger partial charge in [0.15, 0.2) is 0 Å². The molecular weight excluding hydrogens is 552 g/mol. The first kappa shape index (κ1) is 29.5. The van der Waals surface area contributed by atoms with E-state index in [0.29, 0.717) is 43.6 Å². The third-order valence-electron chi connectivity index (χ3n) is 8.10. The summed E-state index contributed by atoms with van der Waals surface area (Å²) >= 11 is 0. The minimum atomic E-state index is -0.574. The quantitative estimate of drug-likeness (QED) is 0.299. The standard InChI is InChI=1S/C31H39F2N9O/c1-38(2)7-8-39-9-11-40(12-10-39)21-25-17-24(3-5-34-25)36-31-35-20-23-4-6-42(30(23)37-31)26-18-28(32)27(29(33)19-26)22-41-13-15-43-16-14-41/h3-6,17-20H,7-16,21-22H2,1-2H3,(H,34,35,36,37). The maximum atomic E-state index is 15.1. The second-order valence-electron chi connectivity index (χ2n) is 11.5. The maximum absolute atomic E-state index is 15.1. The van der Waals surface area contributed by atoms with E-state index >= 15 is 8.78 Å². The Morgan fingerprint density at radius 2 is 1.60 bits per heavy atom. The van der Waals surface area contributed by atoms with Crippen LogP contribution < -0.4 is 5.32 Å². The minimum absolute atomic E-state index is 0.0683. The summed E-state index contributed by atoms with van der Waals surface area (Å²) in [5.74, 6) is -0.755. The molecule has 0 atom stereocenters. The summed E-state index contributed by atoms with van der Waals surface area (Å²) in [6, 6.07) is 8.47. The summed E-state index contributed by atoms with van der Waals surface area (Å²) in [6.07, 6.45) is 5.25. The molecule has 0 amide bonds. The molecular formula is C31H39F2N9O. The maximum Gasteiger partial charge on any atom is 0.229 e.